The highest BCUT2D eigenvalue weighted by molar-refractivity contribution is 6.29. The van der Waals surface area contributed by atoms with Gasteiger partial charge in [-0.3, -0.25) is 9.48 Å². The number of halogens is 1. The molecule has 28 heavy (non-hydrogen) atoms. The van der Waals surface area contributed by atoms with Gasteiger partial charge in [0.15, 0.2) is 5.82 Å². The zero-order chi connectivity index (χ0) is 20.5. The van der Waals surface area contributed by atoms with E-state index in [1.54, 1.807) is 43.4 Å². The van der Waals surface area contributed by atoms with Crippen molar-refractivity contribution < 1.29 is 9.32 Å². The predicted molar refractivity (Wildman–Crippen MR) is 105 cm³/mol. The monoisotopic (exact) mass is 402 g/mol. The lowest BCUT2D eigenvalue weighted by Crippen LogP contribution is -2.31. The van der Waals surface area contributed by atoms with Crippen LogP contribution in [0.5, 0.6) is 0 Å². The fourth-order valence-electron chi connectivity index (χ4n) is 2.80. The van der Waals surface area contributed by atoms with Crippen molar-refractivity contribution in [2.75, 3.05) is 14.1 Å². The van der Waals surface area contributed by atoms with Crippen LogP contribution in [0.2, 0.25) is 5.15 Å². The Bertz CT molecular complexity index is 963. The molecule has 0 aliphatic rings. The smallest absolute Gasteiger partial charge is 0.261 e. The lowest BCUT2D eigenvalue weighted by molar-refractivity contribution is -0.129. The zero-order valence-corrected chi connectivity index (χ0v) is 17.3. The van der Waals surface area contributed by atoms with Crippen molar-refractivity contribution in [3.8, 4) is 11.5 Å². The van der Waals surface area contributed by atoms with Gasteiger partial charge in [-0.15, -0.1) is 0 Å². The van der Waals surface area contributed by atoms with Crippen LogP contribution in [0.25, 0.3) is 11.5 Å². The first kappa shape index (κ1) is 20.0. The van der Waals surface area contributed by atoms with Crippen LogP contribution in [-0.2, 0) is 16.8 Å². The molecular weight excluding hydrogens is 380 g/mol. The number of nitrogens with zero attached hydrogens (tertiary/aromatic N) is 6. The van der Waals surface area contributed by atoms with E-state index in [0.717, 1.165) is 5.56 Å². The molecule has 3 heterocycles. The molecule has 0 bridgehead atoms. The van der Waals surface area contributed by atoms with E-state index in [4.69, 9.17) is 16.1 Å². The van der Waals surface area contributed by atoms with Crippen LogP contribution in [0.4, 0.5) is 0 Å². The molecule has 3 aromatic heterocycles. The molecule has 1 atom stereocenters. The van der Waals surface area contributed by atoms with E-state index >= 15 is 0 Å². The number of pyridine rings is 1. The fourth-order valence-corrected chi connectivity index (χ4v) is 2.91. The topological polar surface area (TPSA) is 89.9 Å². The summed E-state index contributed by atoms with van der Waals surface area (Å²) >= 11 is 5.93. The summed E-state index contributed by atoms with van der Waals surface area (Å²) in [7, 11) is 3.41. The minimum Gasteiger partial charge on any atom is -0.347 e. The summed E-state index contributed by atoms with van der Waals surface area (Å²) in [4.78, 5) is 22.2. The van der Waals surface area contributed by atoms with Gasteiger partial charge in [0.05, 0.1) is 17.2 Å². The summed E-state index contributed by atoms with van der Waals surface area (Å²) in [5.74, 6) is 1.04. The molecule has 0 radical (unpaired) electrons. The van der Waals surface area contributed by atoms with Crippen molar-refractivity contribution in [1.29, 1.82) is 0 Å². The van der Waals surface area contributed by atoms with Crippen LogP contribution < -0.4 is 0 Å². The summed E-state index contributed by atoms with van der Waals surface area (Å²) < 4.78 is 7.05. The van der Waals surface area contributed by atoms with Crippen molar-refractivity contribution in [2.45, 2.75) is 32.7 Å². The molecule has 9 heteroatoms. The number of carbonyl (C=O) groups is 1. The number of amides is 1. The normalized spacial score (nSPS) is 13.5. The van der Waals surface area contributed by atoms with Gasteiger partial charge in [-0.25, -0.2) is 4.98 Å². The molecule has 0 aromatic carbocycles. The Hall–Kier alpha value is -2.74. The quantitative estimate of drug-likeness (QED) is 0.588. The van der Waals surface area contributed by atoms with Gasteiger partial charge < -0.3 is 9.42 Å². The summed E-state index contributed by atoms with van der Waals surface area (Å²) in [5, 5.41) is 8.86. The molecule has 0 aliphatic carbocycles. The molecule has 3 rings (SSSR count). The van der Waals surface area contributed by atoms with Crippen LogP contribution in [-0.4, -0.2) is 49.8 Å². The molecule has 1 unspecified atom stereocenters. The summed E-state index contributed by atoms with van der Waals surface area (Å²) in [6.07, 6.45) is 5.06. The highest BCUT2D eigenvalue weighted by Crippen LogP contribution is 2.38. The standard InChI is InChI=1S/C19H23ClN6O2/c1-12(2)19(3,14-6-7-15(20)21-9-14)18-23-17(28-24-18)13-8-22-26(10-13)11-16(27)25(4)5/h6-10,12H,11H2,1-5H3. The Morgan fingerprint density at radius 2 is 2.07 bits per heavy atom. The summed E-state index contributed by atoms with van der Waals surface area (Å²) in [6.45, 7) is 6.38. The minimum atomic E-state index is -0.504. The van der Waals surface area contributed by atoms with E-state index in [2.05, 4.69) is 41.0 Å². The molecular formula is C19H23ClN6O2. The fraction of sp³-hybridized carbons (Fsp3) is 0.421. The first-order valence-electron chi connectivity index (χ1n) is 8.91. The van der Waals surface area contributed by atoms with Crippen LogP contribution >= 0.6 is 11.6 Å². The Labute approximate surface area is 168 Å². The first-order chi connectivity index (χ1) is 13.2. The lowest BCUT2D eigenvalue weighted by atomic mass is 9.73. The Balaban J connectivity index is 1.91. The predicted octanol–water partition coefficient (Wildman–Crippen LogP) is 3.03. The third kappa shape index (κ3) is 3.77. The van der Waals surface area contributed by atoms with Crippen LogP contribution in [0.3, 0.4) is 0 Å². The zero-order valence-electron chi connectivity index (χ0n) is 16.5. The van der Waals surface area contributed by atoms with Gasteiger partial charge in [0.1, 0.15) is 11.7 Å². The number of hydrogen-bond donors (Lipinski definition) is 0. The molecule has 148 valence electrons. The number of aromatic nitrogens is 5. The minimum absolute atomic E-state index is 0.0523. The highest BCUT2D eigenvalue weighted by atomic mass is 35.5. The first-order valence-corrected chi connectivity index (χ1v) is 9.28. The molecule has 0 aliphatic heterocycles. The maximum Gasteiger partial charge on any atom is 0.261 e. The van der Waals surface area contributed by atoms with Gasteiger partial charge >= 0.3 is 0 Å². The van der Waals surface area contributed by atoms with Crippen molar-refractivity contribution in [3.05, 3.63) is 47.3 Å². The van der Waals surface area contributed by atoms with Gasteiger partial charge in [0.2, 0.25) is 5.91 Å². The maximum atomic E-state index is 11.8. The average molecular weight is 403 g/mol. The van der Waals surface area contributed by atoms with Crippen molar-refractivity contribution in [1.82, 2.24) is 29.8 Å². The number of likely N-dealkylation sites (N-methyl/N-ethyl adjacent to an activating group) is 1. The maximum absolute atomic E-state index is 11.8. The molecule has 0 fully saturated rings. The average Bonchev–Trinajstić information content (AvgIpc) is 3.30. The molecule has 1 amide bonds. The second-order valence-electron chi connectivity index (χ2n) is 7.36. The van der Waals surface area contributed by atoms with Gasteiger partial charge in [0.25, 0.3) is 5.89 Å². The van der Waals surface area contributed by atoms with Gasteiger partial charge in [-0.1, -0.05) is 36.7 Å². The largest absolute Gasteiger partial charge is 0.347 e. The highest BCUT2D eigenvalue weighted by Gasteiger charge is 2.38. The van der Waals surface area contributed by atoms with E-state index in [1.165, 1.54) is 4.90 Å². The second kappa shape index (κ2) is 7.71. The molecule has 0 spiro atoms. The Morgan fingerprint density at radius 3 is 2.68 bits per heavy atom. The third-order valence-electron chi connectivity index (χ3n) is 5.05. The van der Waals surface area contributed by atoms with Crippen LogP contribution in [0.1, 0.15) is 32.2 Å². The Morgan fingerprint density at radius 1 is 1.32 bits per heavy atom. The Kier molecular flexibility index (Phi) is 5.51. The molecule has 0 saturated carbocycles. The van der Waals surface area contributed by atoms with Gasteiger partial charge in [0, 0.05) is 26.5 Å². The van der Waals surface area contributed by atoms with Crippen molar-refractivity contribution in [3.63, 3.8) is 0 Å². The summed E-state index contributed by atoms with van der Waals surface area (Å²) in [5.41, 5.74) is 1.10. The molecule has 0 saturated heterocycles. The van der Waals surface area contributed by atoms with E-state index in [1.807, 2.05) is 6.07 Å². The second-order valence-corrected chi connectivity index (χ2v) is 7.75. The third-order valence-corrected chi connectivity index (χ3v) is 5.27. The van der Waals surface area contributed by atoms with Gasteiger partial charge in [-0.2, -0.15) is 10.1 Å². The SMILES string of the molecule is CC(C)C(C)(c1ccc(Cl)nc1)c1noc(-c2cnn(CC(=O)N(C)C)c2)n1. The number of rotatable bonds is 6. The molecule has 8 nitrogen and oxygen atoms in total. The van der Waals surface area contributed by atoms with Crippen LogP contribution in [0.15, 0.2) is 35.2 Å². The number of hydrogen-bond acceptors (Lipinski definition) is 6. The van der Waals surface area contributed by atoms with E-state index in [0.29, 0.717) is 22.4 Å². The van der Waals surface area contributed by atoms with Crippen LogP contribution in [0, 0.1) is 5.92 Å². The van der Waals surface area contributed by atoms with Crippen molar-refractivity contribution >= 4 is 17.5 Å². The van der Waals surface area contributed by atoms with E-state index < -0.39 is 5.41 Å². The number of carbonyl (C=O) groups excluding carboxylic acids is 1. The lowest BCUT2D eigenvalue weighted by Gasteiger charge is -2.30. The molecule has 0 N–H and O–H groups in total. The van der Waals surface area contributed by atoms with E-state index in [-0.39, 0.29) is 18.4 Å². The summed E-state index contributed by atoms with van der Waals surface area (Å²) in [6, 6.07) is 3.68. The molecule has 3 aromatic rings. The van der Waals surface area contributed by atoms with Crippen molar-refractivity contribution in [2.24, 2.45) is 5.92 Å². The van der Waals surface area contributed by atoms with Gasteiger partial charge in [-0.05, 0) is 24.5 Å². The van der Waals surface area contributed by atoms with E-state index in [9.17, 15) is 4.79 Å².